The summed E-state index contributed by atoms with van der Waals surface area (Å²) in [7, 11) is 1.93. The number of likely N-dealkylation sites (tertiary alicyclic amines) is 1. The summed E-state index contributed by atoms with van der Waals surface area (Å²) in [5.41, 5.74) is 1.12. The summed E-state index contributed by atoms with van der Waals surface area (Å²) in [6, 6.07) is 4.81. The Morgan fingerprint density at radius 2 is 2.20 bits per heavy atom. The molecule has 3 rings (SSSR count). The zero-order valence-corrected chi connectivity index (χ0v) is 15.9. The van der Waals surface area contributed by atoms with Gasteiger partial charge in [0.25, 0.3) is 0 Å². The smallest absolute Gasteiger partial charge is 0.191 e. The van der Waals surface area contributed by atoms with E-state index in [9.17, 15) is 0 Å². The van der Waals surface area contributed by atoms with Gasteiger partial charge in [-0.05, 0) is 44.3 Å². The van der Waals surface area contributed by atoms with Crippen LogP contribution in [0.25, 0.3) is 0 Å². The first kappa shape index (κ1) is 17.9. The number of thiophene rings is 1. The van der Waals surface area contributed by atoms with Gasteiger partial charge in [0, 0.05) is 36.8 Å². The summed E-state index contributed by atoms with van der Waals surface area (Å²) in [6.07, 6.45) is 6.48. The lowest BCUT2D eigenvalue weighted by Crippen LogP contribution is -2.42. The second-order valence-corrected chi connectivity index (χ2v) is 7.35. The van der Waals surface area contributed by atoms with E-state index in [1.54, 1.807) is 0 Å². The van der Waals surface area contributed by atoms with Crippen LogP contribution in [0.5, 0.6) is 0 Å². The Morgan fingerprint density at radius 1 is 1.36 bits per heavy atom. The molecule has 0 spiro atoms. The minimum absolute atomic E-state index is 0.421. The van der Waals surface area contributed by atoms with E-state index < -0.39 is 0 Å². The van der Waals surface area contributed by atoms with E-state index in [0.29, 0.717) is 12.6 Å². The minimum atomic E-state index is 0.421. The summed E-state index contributed by atoms with van der Waals surface area (Å²) in [4.78, 5) is 8.72. The van der Waals surface area contributed by atoms with Crippen molar-refractivity contribution in [2.24, 2.45) is 12.0 Å². The summed E-state index contributed by atoms with van der Waals surface area (Å²) in [5, 5.41) is 13.3. The Hall–Kier alpha value is -1.86. The highest BCUT2D eigenvalue weighted by Crippen LogP contribution is 2.27. The molecule has 136 valence electrons. The number of aliphatic imine (C=N–C) groups is 1. The SMILES string of the molecule is CCNC(=NCc1cnn(C)c1)NCC(c1cccs1)N1CCCC1. The number of nitrogens with zero attached hydrogens (tertiary/aromatic N) is 4. The summed E-state index contributed by atoms with van der Waals surface area (Å²) in [6.45, 7) is 6.84. The van der Waals surface area contributed by atoms with Gasteiger partial charge in [-0.15, -0.1) is 11.3 Å². The fourth-order valence-electron chi connectivity index (χ4n) is 3.20. The molecule has 0 bridgehead atoms. The number of rotatable bonds is 7. The second-order valence-electron chi connectivity index (χ2n) is 6.37. The van der Waals surface area contributed by atoms with Crippen molar-refractivity contribution in [3.63, 3.8) is 0 Å². The van der Waals surface area contributed by atoms with Crippen molar-refractivity contribution in [1.82, 2.24) is 25.3 Å². The van der Waals surface area contributed by atoms with E-state index in [2.05, 4.69) is 45.1 Å². The maximum absolute atomic E-state index is 4.70. The monoisotopic (exact) mass is 360 g/mol. The molecule has 2 aromatic heterocycles. The van der Waals surface area contributed by atoms with Crippen LogP contribution in [0.1, 0.15) is 36.2 Å². The highest BCUT2D eigenvalue weighted by Gasteiger charge is 2.24. The molecule has 1 aliphatic heterocycles. The number of hydrogen-bond acceptors (Lipinski definition) is 4. The van der Waals surface area contributed by atoms with Gasteiger partial charge in [0.15, 0.2) is 5.96 Å². The molecule has 1 unspecified atom stereocenters. The summed E-state index contributed by atoms with van der Waals surface area (Å²) < 4.78 is 1.81. The largest absolute Gasteiger partial charge is 0.357 e. The first-order valence-corrected chi connectivity index (χ1v) is 9.91. The quantitative estimate of drug-likeness (QED) is 0.588. The molecule has 0 amide bonds. The van der Waals surface area contributed by atoms with Crippen molar-refractivity contribution < 1.29 is 0 Å². The molecule has 0 radical (unpaired) electrons. The molecular formula is C18H28N6S. The topological polar surface area (TPSA) is 57.5 Å². The van der Waals surface area contributed by atoms with Gasteiger partial charge in [-0.25, -0.2) is 4.99 Å². The van der Waals surface area contributed by atoms with Crippen LogP contribution in [0.2, 0.25) is 0 Å². The van der Waals surface area contributed by atoms with Crippen LogP contribution in [0, 0.1) is 0 Å². The maximum Gasteiger partial charge on any atom is 0.191 e. The highest BCUT2D eigenvalue weighted by atomic mass is 32.1. The van der Waals surface area contributed by atoms with Gasteiger partial charge in [-0.1, -0.05) is 6.07 Å². The van der Waals surface area contributed by atoms with Crippen molar-refractivity contribution in [2.75, 3.05) is 26.2 Å². The second kappa shape index (κ2) is 9.01. The van der Waals surface area contributed by atoms with Crippen LogP contribution in [0.4, 0.5) is 0 Å². The Morgan fingerprint density at radius 3 is 2.84 bits per heavy atom. The number of aryl methyl sites for hydroxylation is 1. The predicted molar refractivity (Wildman–Crippen MR) is 104 cm³/mol. The lowest BCUT2D eigenvalue weighted by Gasteiger charge is -2.27. The van der Waals surface area contributed by atoms with Crippen molar-refractivity contribution in [2.45, 2.75) is 32.4 Å². The average molecular weight is 361 g/mol. The highest BCUT2D eigenvalue weighted by molar-refractivity contribution is 7.10. The molecule has 3 heterocycles. The Labute approximate surface area is 153 Å². The van der Waals surface area contributed by atoms with Gasteiger partial charge in [-0.3, -0.25) is 9.58 Å². The molecule has 7 heteroatoms. The number of guanidine groups is 1. The van der Waals surface area contributed by atoms with Gasteiger partial charge in [0.05, 0.1) is 18.8 Å². The van der Waals surface area contributed by atoms with E-state index in [4.69, 9.17) is 4.99 Å². The van der Waals surface area contributed by atoms with E-state index in [1.165, 1.54) is 30.8 Å². The Bertz CT molecular complexity index is 657. The van der Waals surface area contributed by atoms with E-state index >= 15 is 0 Å². The van der Waals surface area contributed by atoms with Crippen LogP contribution >= 0.6 is 11.3 Å². The molecule has 0 saturated carbocycles. The van der Waals surface area contributed by atoms with Crippen LogP contribution in [-0.4, -0.2) is 46.8 Å². The Kier molecular flexibility index (Phi) is 6.47. The van der Waals surface area contributed by atoms with Crippen LogP contribution in [-0.2, 0) is 13.6 Å². The van der Waals surface area contributed by atoms with E-state index in [-0.39, 0.29) is 0 Å². The third-order valence-electron chi connectivity index (χ3n) is 4.44. The predicted octanol–water partition coefficient (Wildman–Crippen LogP) is 2.37. The van der Waals surface area contributed by atoms with Gasteiger partial charge < -0.3 is 10.6 Å². The number of nitrogens with one attached hydrogen (secondary N) is 2. The molecule has 1 saturated heterocycles. The fraction of sp³-hybridized carbons (Fsp3) is 0.556. The molecule has 6 nitrogen and oxygen atoms in total. The third-order valence-corrected chi connectivity index (χ3v) is 5.41. The van der Waals surface area contributed by atoms with Crippen LogP contribution < -0.4 is 10.6 Å². The van der Waals surface area contributed by atoms with Crippen molar-refractivity contribution in [1.29, 1.82) is 0 Å². The van der Waals surface area contributed by atoms with Gasteiger partial charge in [0.2, 0.25) is 0 Å². The first-order chi connectivity index (χ1) is 12.3. The summed E-state index contributed by atoms with van der Waals surface area (Å²) in [5.74, 6) is 0.868. The molecule has 1 aliphatic rings. The normalized spacial score (nSPS) is 17.0. The Balaban J connectivity index is 1.63. The molecule has 1 fully saturated rings. The van der Waals surface area contributed by atoms with Gasteiger partial charge in [0.1, 0.15) is 0 Å². The zero-order valence-electron chi connectivity index (χ0n) is 15.1. The molecule has 2 aromatic rings. The lowest BCUT2D eigenvalue weighted by atomic mass is 10.2. The van der Waals surface area contributed by atoms with E-state index in [0.717, 1.165) is 24.6 Å². The fourth-order valence-corrected chi connectivity index (χ4v) is 4.06. The van der Waals surface area contributed by atoms with Crippen LogP contribution in [0.15, 0.2) is 34.9 Å². The molecule has 2 N–H and O–H groups in total. The first-order valence-electron chi connectivity index (χ1n) is 9.03. The number of aromatic nitrogens is 2. The molecular weight excluding hydrogens is 332 g/mol. The van der Waals surface area contributed by atoms with Crippen molar-refractivity contribution >= 4 is 17.3 Å². The van der Waals surface area contributed by atoms with Crippen molar-refractivity contribution in [3.05, 3.63) is 40.3 Å². The zero-order chi connectivity index (χ0) is 17.5. The standard InChI is InChI=1S/C18H28N6S/c1-3-19-18(20-11-15-12-22-23(2)14-15)21-13-16(17-7-6-10-25-17)24-8-4-5-9-24/h6-7,10,12,14,16H,3-5,8-9,11,13H2,1-2H3,(H2,19,20,21). The van der Waals surface area contributed by atoms with Gasteiger partial charge >= 0.3 is 0 Å². The minimum Gasteiger partial charge on any atom is -0.357 e. The molecule has 1 atom stereocenters. The maximum atomic E-state index is 4.70. The number of hydrogen-bond donors (Lipinski definition) is 2. The van der Waals surface area contributed by atoms with Gasteiger partial charge in [-0.2, -0.15) is 5.10 Å². The molecule has 25 heavy (non-hydrogen) atoms. The molecule has 0 aliphatic carbocycles. The van der Waals surface area contributed by atoms with Crippen molar-refractivity contribution in [3.8, 4) is 0 Å². The average Bonchev–Trinajstić information content (AvgIpc) is 3.36. The third kappa shape index (κ3) is 5.06. The summed E-state index contributed by atoms with van der Waals surface area (Å²) >= 11 is 1.84. The van der Waals surface area contributed by atoms with Crippen LogP contribution in [0.3, 0.4) is 0 Å². The lowest BCUT2D eigenvalue weighted by molar-refractivity contribution is 0.249. The van der Waals surface area contributed by atoms with E-state index in [1.807, 2.05) is 35.5 Å². The molecule has 0 aromatic carbocycles.